The van der Waals surface area contributed by atoms with E-state index in [1.807, 2.05) is 61.0 Å². The van der Waals surface area contributed by atoms with Crippen LogP contribution in [0.3, 0.4) is 0 Å². The molecule has 0 saturated carbocycles. The van der Waals surface area contributed by atoms with Gasteiger partial charge in [0.15, 0.2) is 0 Å². The van der Waals surface area contributed by atoms with Crippen LogP contribution in [0.5, 0.6) is 0 Å². The lowest BCUT2D eigenvalue weighted by Gasteiger charge is -2.29. The maximum Gasteiger partial charge on any atom is 0.418 e. The molecule has 3 aromatic rings. The molecular formula is C30H36ClF3N4O3. The lowest BCUT2D eigenvalue weighted by atomic mass is 10.1. The third kappa shape index (κ3) is 9.54. The van der Waals surface area contributed by atoms with Crippen LogP contribution < -0.4 is 5.32 Å². The molecule has 222 valence electrons. The lowest BCUT2D eigenvalue weighted by molar-refractivity contribution is -0.137. The van der Waals surface area contributed by atoms with Crippen molar-refractivity contribution in [2.24, 2.45) is 5.92 Å². The third-order valence-electron chi connectivity index (χ3n) is 6.38. The summed E-state index contributed by atoms with van der Waals surface area (Å²) < 4.78 is 47.6. The van der Waals surface area contributed by atoms with Crippen LogP contribution in [-0.4, -0.2) is 59.7 Å². The van der Waals surface area contributed by atoms with E-state index in [1.54, 1.807) is 4.90 Å². The molecule has 0 radical (unpaired) electrons. The predicted molar refractivity (Wildman–Crippen MR) is 154 cm³/mol. The van der Waals surface area contributed by atoms with Gasteiger partial charge in [-0.3, -0.25) is 4.79 Å². The number of rotatable bonds is 13. The Morgan fingerprint density at radius 3 is 2.41 bits per heavy atom. The predicted octanol–water partition coefficient (Wildman–Crippen LogP) is 6.76. The number of ether oxygens (including phenoxy) is 1. The van der Waals surface area contributed by atoms with Crippen molar-refractivity contribution in [1.29, 1.82) is 0 Å². The van der Waals surface area contributed by atoms with Crippen molar-refractivity contribution >= 4 is 29.2 Å². The Balaban J connectivity index is 1.79. The molecule has 0 aliphatic carbocycles. The van der Waals surface area contributed by atoms with Gasteiger partial charge in [0, 0.05) is 50.3 Å². The Morgan fingerprint density at radius 2 is 1.73 bits per heavy atom. The van der Waals surface area contributed by atoms with E-state index in [9.17, 15) is 22.8 Å². The Hall–Kier alpha value is -3.50. The van der Waals surface area contributed by atoms with Gasteiger partial charge in [-0.2, -0.15) is 13.2 Å². The molecule has 0 aliphatic heterocycles. The van der Waals surface area contributed by atoms with Crippen LogP contribution in [0.2, 0.25) is 5.02 Å². The second-order valence-electron chi connectivity index (χ2n) is 10.1. The molecule has 7 nitrogen and oxygen atoms in total. The number of nitrogens with one attached hydrogen (secondary N) is 1. The number of alkyl halides is 3. The van der Waals surface area contributed by atoms with E-state index in [0.717, 1.165) is 17.3 Å². The molecule has 0 saturated heterocycles. The van der Waals surface area contributed by atoms with E-state index < -0.39 is 17.8 Å². The van der Waals surface area contributed by atoms with Crippen molar-refractivity contribution in [3.8, 4) is 0 Å². The summed E-state index contributed by atoms with van der Waals surface area (Å²) in [7, 11) is 1.51. The van der Waals surface area contributed by atoms with Crippen LogP contribution >= 0.6 is 11.6 Å². The van der Waals surface area contributed by atoms with Crippen molar-refractivity contribution in [3.05, 3.63) is 88.7 Å². The molecule has 3 amide bonds. The number of aromatic nitrogens is 1. The van der Waals surface area contributed by atoms with Gasteiger partial charge in [0.25, 0.3) is 0 Å². The summed E-state index contributed by atoms with van der Waals surface area (Å²) in [6, 6.07) is 15.3. The molecular weight excluding hydrogens is 557 g/mol. The number of carbonyl (C=O) groups excluding carboxylic acids is 2. The summed E-state index contributed by atoms with van der Waals surface area (Å²) in [5.41, 5.74) is 0.491. The van der Waals surface area contributed by atoms with Crippen LogP contribution in [0.1, 0.15) is 37.1 Å². The quantitative estimate of drug-likeness (QED) is 0.223. The first kappa shape index (κ1) is 32.0. The largest absolute Gasteiger partial charge is 0.418 e. The van der Waals surface area contributed by atoms with Gasteiger partial charge in [-0.05, 0) is 48.2 Å². The molecule has 0 aliphatic rings. The van der Waals surface area contributed by atoms with Crippen molar-refractivity contribution in [2.45, 2.75) is 39.5 Å². The zero-order valence-electron chi connectivity index (χ0n) is 23.5. The highest BCUT2D eigenvalue weighted by atomic mass is 35.5. The molecule has 2 aromatic carbocycles. The first-order valence-electron chi connectivity index (χ1n) is 13.4. The number of amides is 3. The molecule has 1 heterocycles. The van der Waals surface area contributed by atoms with Gasteiger partial charge >= 0.3 is 12.2 Å². The number of hydrogen-bond acceptors (Lipinski definition) is 3. The van der Waals surface area contributed by atoms with Gasteiger partial charge in [-0.1, -0.05) is 55.8 Å². The topological polar surface area (TPSA) is 66.8 Å². The average Bonchev–Trinajstić information content (AvgIpc) is 3.34. The smallest absolute Gasteiger partial charge is 0.385 e. The molecule has 3 rings (SSSR count). The number of nitrogens with zero attached hydrogens (tertiary/aromatic N) is 3. The Labute approximate surface area is 243 Å². The van der Waals surface area contributed by atoms with Crippen LogP contribution in [0.15, 0.2) is 66.9 Å². The molecule has 0 bridgehead atoms. The van der Waals surface area contributed by atoms with E-state index in [1.165, 1.54) is 30.2 Å². The summed E-state index contributed by atoms with van der Waals surface area (Å²) in [6.07, 6.45) is -2.32. The summed E-state index contributed by atoms with van der Waals surface area (Å²) in [5.74, 6) is -0.179. The fourth-order valence-corrected chi connectivity index (χ4v) is 4.59. The summed E-state index contributed by atoms with van der Waals surface area (Å²) in [5, 5.41) is 3.00. The third-order valence-corrected chi connectivity index (χ3v) is 6.75. The van der Waals surface area contributed by atoms with E-state index >= 15 is 0 Å². The van der Waals surface area contributed by atoms with E-state index in [4.69, 9.17) is 16.3 Å². The lowest BCUT2D eigenvalue weighted by Crippen LogP contribution is -2.46. The fraction of sp³-hybridized carbons (Fsp3) is 0.400. The van der Waals surface area contributed by atoms with Crippen molar-refractivity contribution in [3.63, 3.8) is 0 Å². The number of para-hydroxylation sites is 1. The van der Waals surface area contributed by atoms with Crippen LogP contribution in [0, 0.1) is 5.92 Å². The minimum atomic E-state index is -4.65. The summed E-state index contributed by atoms with van der Waals surface area (Å²) in [6.45, 7) is 5.36. The van der Waals surface area contributed by atoms with Gasteiger partial charge < -0.3 is 24.4 Å². The van der Waals surface area contributed by atoms with E-state index in [2.05, 4.69) is 5.32 Å². The van der Waals surface area contributed by atoms with Crippen molar-refractivity contribution in [2.75, 3.05) is 38.7 Å². The first-order chi connectivity index (χ1) is 19.5. The minimum Gasteiger partial charge on any atom is -0.385 e. The zero-order chi connectivity index (χ0) is 30.0. The number of hydrogen-bond donors (Lipinski definition) is 1. The van der Waals surface area contributed by atoms with Crippen LogP contribution in [-0.2, 0) is 28.8 Å². The van der Waals surface area contributed by atoms with Crippen LogP contribution in [0.25, 0.3) is 0 Å². The second kappa shape index (κ2) is 14.9. The monoisotopic (exact) mass is 592 g/mol. The Bertz CT molecular complexity index is 1300. The van der Waals surface area contributed by atoms with Crippen LogP contribution in [0.4, 0.5) is 23.7 Å². The number of methoxy groups -OCH3 is 1. The molecule has 0 spiro atoms. The minimum absolute atomic E-state index is 0.123. The summed E-state index contributed by atoms with van der Waals surface area (Å²) in [4.78, 5) is 29.7. The number of benzene rings is 2. The van der Waals surface area contributed by atoms with Gasteiger partial charge in [0.1, 0.15) is 6.54 Å². The van der Waals surface area contributed by atoms with Gasteiger partial charge in [-0.15, -0.1) is 0 Å². The standard InChI is InChI=1S/C30H36ClF3N4O3/c1-22(2)18-38(20-24-11-8-15-36(24)19-23-10-4-6-13-26(23)31)28(39)21-37(16-9-17-41-3)29(40)35-27-14-7-5-12-25(27)30(32,33)34/h4-8,10-15,22H,9,16-21H2,1-3H3,(H,35,40). The second-order valence-corrected chi connectivity index (χ2v) is 10.5. The highest BCUT2D eigenvalue weighted by Crippen LogP contribution is 2.34. The summed E-state index contributed by atoms with van der Waals surface area (Å²) >= 11 is 6.36. The maximum atomic E-state index is 13.6. The molecule has 0 atom stereocenters. The molecule has 1 aromatic heterocycles. The fourth-order valence-electron chi connectivity index (χ4n) is 4.40. The van der Waals surface area contributed by atoms with Crippen molar-refractivity contribution in [1.82, 2.24) is 14.4 Å². The molecule has 11 heteroatoms. The highest BCUT2D eigenvalue weighted by molar-refractivity contribution is 6.31. The number of carbonyl (C=O) groups is 2. The maximum absolute atomic E-state index is 13.6. The number of halogens is 4. The molecule has 0 unspecified atom stereocenters. The van der Waals surface area contributed by atoms with E-state index in [0.29, 0.717) is 37.7 Å². The SMILES string of the molecule is COCCCN(CC(=O)N(Cc1cccn1Cc1ccccc1Cl)CC(C)C)C(=O)Nc1ccccc1C(F)(F)F. The zero-order valence-corrected chi connectivity index (χ0v) is 24.2. The van der Waals surface area contributed by atoms with Gasteiger partial charge in [0.05, 0.1) is 17.8 Å². The normalized spacial score (nSPS) is 11.5. The molecule has 41 heavy (non-hydrogen) atoms. The highest BCUT2D eigenvalue weighted by Gasteiger charge is 2.34. The number of anilines is 1. The van der Waals surface area contributed by atoms with Gasteiger partial charge in [-0.25, -0.2) is 4.79 Å². The Kier molecular flexibility index (Phi) is 11.7. The first-order valence-corrected chi connectivity index (χ1v) is 13.7. The van der Waals surface area contributed by atoms with Crippen molar-refractivity contribution < 1.29 is 27.5 Å². The Morgan fingerprint density at radius 1 is 1.02 bits per heavy atom. The van der Waals surface area contributed by atoms with Gasteiger partial charge in [0.2, 0.25) is 5.91 Å². The van der Waals surface area contributed by atoms with E-state index in [-0.39, 0.29) is 30.6 Å². The average molecular weight is 593 g/mol. The molecule has 0 fully saturated rings. The number of urea groups is 1. The molecule has 1 N–H and O–H groups in total.